The Morgan fingerprint density at radius 1 is 1.55 bits per heavy atom. The zero-order valence-electron chi connectivity index (χ0n) is 7.70. The summed E-state index contributed by atoms with van der Waals surface area (Å²) in [5, 5.41) is 6.65. The molecule has 2 heteroatoms. The fourth-order valence-corrected chi connectivity index (χ4v) is 1.03. The second-order valence-corrected chi connectivity index (χ2v) is 3.52. The Morgan fingerprint density at radius 2 is 2.18 bits per heavy atom. The second-order valence-electron chi connectivity index (χ2n) is 3.52. The predicted octanol–water partition coefficient (Wildman–Crippen LogP) is 0.904. The first-order valence-corrected chi connectivity index (χ1v) is 4.31. The van der Waals surface area contributed by atoms with Gasteiger partial charge in [-0.2, -0.15) is 0 Å². The van der Waals surface area contributed by atoms with Gasteiger partial charge in [-0.25, -0.2) is 0 Å². The largest absolute Gasteiger partial charge is 0.311 e. The van der Waals surface area contributed by atoms with Gasteiger partial charge in [0.1, 0.15) is 0 Å². The number of hydrogen-bond acceptors (Lipinski definition) is 2. The summed E-state index contributed by atoms with van der Waals surface area (Å²) in [6, 6.07) is 0.596. The van der Waals surface area contributed by atoms with Crippen LogP contribution in [0.3, 0.4) is 0 Å². The van der Waals surface area contributed by atoms with Crippen molar-refractivity contribution in [3.63, 3.8) is 0 Å². The molecule has 0 aliphatic carbocycles. The predicted molar refractivity (Wildman–Crippen MR) is 48.7 cm³/mol. The van der Waals surface area contributed by atoms with Crippen molar-refractivity contribution in [2.24, 2.45) is 0 Å². The van der Waals surface area contributed by atoms with Crippen molar-refractivity contribution in [2.45, 2.75) is 26.8 Å². The first-order chi connectivity index (χ1) is 5.20. The molecule has 0 aromatic carbocycles. The molecule has 1 rings (SSSR count). The average molecular weight is 154 g/mol. The molecule has 0 atom stereocenters. The Labute approximate surface area is 69.1 Å². The molecule has 1 fully saturated rings. The summed E-state index contributed by atoms with van der Waals surface area (Å²) >= 11 is 0. The molecule has 0 saturated carbocycles. The van der Waals surface area contributed by atoms with Gasteiger partial charge in [0.15, 0.2) is 0 Å². The summed E-state index contributed by atoms with van der Waals surface area (Å²) in [5.74, 6) is 0. The van der Waals surface area contributed by atoms with Crippen molar-refractivity contribution in [3.8, 4) is 0 Å². The van der Waals surface area contributed by atoms with E-state index in [9.17, 15) is 0 Å². The van der Waals surface area contributed by atoms with Crippen molar-refractivity contribution < 1.29 is 0 Å². The molecule has 0 radical (unpaired) electrons. The van der Waals surface area contributed by atoms with Crippen LogP contribution in [-0.2, 0) is 0 Å². The van der Waals surface area contributed by atoms with Crippen molar-refractivity contribution in [1.29, 1.82) is 0 Å². The molecule has 0 unspecified atom stereocenters. The molecule has 1 saturated heterocycles. The lowest BCUT2D eigenvalue weighted by Crippen LogP contribution is -2.36. The molecule has 0 spiro atoms. The lowest BCUT2D eigenvalue weighted by molar-refractivity contribution is 0.600. The molecule has 1 aliphatic heterocycles. The van der Waals surface area contributed by atoms with Crippen LogP contribution in [0, 0.1) is 0 Å². The van der Waals surface area contributed by atoms with E-state index < -0.39 is 0 Å². The molecular formula is C9H18N2. The first kappa shape index (κ1) is 8.75. The second kappa shape index (κ2) is 3.88. The first-order valence-electron chi connectivity index (χ1n) is 4.31. The monoisotopic (exact) mass is 154 g/mol. The summed E-state index contributed by atoms with van der Waals surface area (Å²) in [4.78, 5) is 0. The summed E-state index contributed by atoms with van der Waals surface area (Å²) in [6.45, 7) is 9.82. The van der Waals surface area contributed by atoms with Gasteiger partial charge in [-0.3, -0.25) is 0 Å². The smallest absolute Gasteiger partial charge is 0.0183 e. The minimum atomic E-state index is 0.596. The summed E-state index contributed by atoms with van der Waals surface area (Å²) < 4.78 is 0. The maximum absolute atomic E-state index is 3.41. The Kier molecular flexibility index (Phi) is 3.09. The molecule has 2 N–H and O–H groups in total. The molecule has 1 heterocycles. The SMILES string of the molecule is CC(CNC(C)C)=C1CNC1. The van der Waals surface area contributed by atoms with E-state index in [2.05, 4.69) is 31.4 Å². The van der Waals surface area contributed by atoms with E-state index >= 15 is 0 Å². The third-order valence-electron chi connectivity index (χ3n) is 2.06. The fraction of sp³-hybridized carbons (Fsp3) is 0.778. The lowest BCUT2D eigenvalue weighted by atomic mass is 10.0. The Bertz CT molecular complexity index is 153. The van der Waals surface area contributed by atoms with Crippen LogP contribution in [-0.4, -0.2) is 25.7 Å². The molecule has 0 bridgehead atoms. The van der Waals surface area contributed by atoms with Crippen molar-refractivity contribution in [2.75, 3.05) is 19.6 Å². The number of nitrogens with one attached hydrogen (secondary N) is 2. The zero-order valence-corrected chi connectivity index (χ0v) is 7.70. The maximum Gasteiger partial charge on any atom is 0.0183 e. The normalized spacial score (nSPS) is 16.9. The highest BCUT2D eigenvalue weighted by atomic mass is 14.9. The van der Waals surface area contributed by atoms with Crippen molar-refractivity contribution in [1.82, 2.24) is 10.6 Å². The van der Waals surface area contributed by atoms with Gasteiger partial charge in [-0.05, 0) is 12.5 Å². The standard InChI is InChI=1S/C9H18N2/c1-7(2)11-4-8(3)9-5-10-6-9/h7,10-11H,4-6H2,1-3H3. The van der Waals surface area contributed by atoms with Crippen LogP contribution in [0.2, 0.25) is 0 Å². The van der Waals surface area contributed by atoms with Crippen molar-refractivity contribution in [3.05, 3.63) is 11.1 Å². The Balaban J connectivity index is 2.25. The van der Waals surface area contributed by atoms with E-state index in [1.165, 1.54) is 5.57 Å². The molecule has 0 aromatic rings. The molecule has 0 aromatic heterocycles. The van der Waals surface area contributed by atoms with Crippen LogP contribution in [0.1, 0.15) is 20.8 Å². The topological polar surface area (TPSA) is 24.1 Å². The van der Waals surface area contributed by atoms with Gasteiger partial charge in [0.25, 0.3) is 0 Å². The highest BCUT2D eigenvalue weighted by Crippen LogP contribution is 2.07. The molecule has 64 valence electrons. The third kappa shape index (κ3) is 2.64. The summed E-state index contributed by atoms with van der Waals surface area (Å²) in [5.41, 5.74) is 3.09. The highest BCUT2D eigenvalue weighted by molar-refractivity contribution is 5.22. The average Bonchev–Trinajstić information content (AvgIpc) is 1.79. The minimum Gasteiger partial charge on any atom is -0.311 e. The van der Waals surface area contributed by atoms with E-state index in [1.807, 2.05) is 0 Å². The summed E-state index contributed by atoms with van der Waals surface area (Å²) in [7, 11) is 0. The number of rotatable bonds is 3. The van der Waals surface area contributed by atoms with Crippen LogP contribution in [0.25, 0.3) is 0 Å². The maximum atomic E-state index is 3.41. The Hall–Kier alpha value is -0.340. The molecular weight excluding hydrogens is 136 g/mol. The van der Waals surface area contributed by atoms with Gasteiger partial charge in [0.2, 0.25) is 0 Å². The molecule has 1 aliphatic rings. The van der Waals surface area contributed by atoms with E-state index in [-0.39, 0.29) is 0 Å². The van der Waals surface area contributed by atoms with Crippen LogP contribution < -0.4 is 10.6 Å². The third-order valence-corrected chi connectivity index (χ3v) is 2.06. The van der Waals surface area contributed by atoms with Gasteiger partial charge in [-0.1, -0.05) is 19.4 Å². The van der Waals surface area contributed by atoms with Gasteiger partial charge < -0.3 is 10.6 Å². The van der Waals surface area contributed by atoms with Gasteiger partial charge >= 0.3 is 0 Å². The van der Waals surface area contributed by atoms with Crippen LogP contribution >= 0.6 is 0 Å². The Morgan fingerprint density at radius 3 is 2.55 bits per heavy atom. The minimum absolute atomic E-state index is 0.596. The van der Waals surface area contributed by atoms with Crippen molar-refractivity contribution >= 4 is 0 Å². The van der Waals surface area contributed by atoms with Crippen LogP contribution in [0.4, 0.5) is 0 Å². The van der Waals surface area contributed by atoms with Gasteiger partial charge in [0, 0.05) is 25.7 Å². The van der Waals surface area contributed by atoms with Crippen LogP contribution in [0.5, 0.6) is 0 Å². The van der Waals surface area contributed by atoms with Crippen LogP contribution in [0.15, 0.2) is 11.1 Å². The number of hydrogen-bond donors (Lipinski definition) is 2. The quantitative estimate of drug-likeness (QED) is 0.590. The van der Waals surface area contributed by atoms with Gasteiger partial charge in [0.05, 0.1) is 0 Å². The fourth-order valence-electron chi connectivity index (χ4n) is 1.03. The zero-order chi connectivity index (χ0) is 8.27. The van der Waals surface area contributed by atoms with E-state index in [4.69, 9.17) is 0 Å². The summed E-state index contributed by atoms with van der Waals surface area (Å²) in [6.07, 6.45) is 0. The lowest BCUT2D eigenvalue weighted by Gasteiger charge is -2.22. The van der Waals surface area contributed by atoms with E-state index in [0.717, 1.165) is 19.6 Å². The van der Waals surface area contributed by atoms with E-state index in [0.29, 0.717) is 6.04 Å². The van der Waals surface area contributed by atoms with E-state index in [1.54, 1.807) is 5.57 Å². The molecule has 2 nitrogen and oxygen atoms in total. The molecule has 0 amide bonds. The molecule has 11 heavy (non-hydrogen) atoms. The highest BCUT2D eigenvalue weighted by Gasteiger charge is 2.09. The van der Waals surface area contributed by atoms with Gasteiger partial charge in [-0.15, -0.1) is 0 Å².